The molecule has 0 unspecified atom stereocenters. The van der Waals surface area contributed by atoms with Crippen LogP contribution in [0.2, 0.25) is 0 Å². The molecule has 0 aromatic heterocycles. The molecule has 0 saturated carbocycles. The third-order valence-electron chi connectivity index (χ3n) is 2.28. The van der Waals surface area contributed by atoms with Gasteiger partial charge in [0, 0.05) is 10.1 Å². The topological polar surface area (TPSA) is 12.0 Å². The average Bonchev–Trinajstić information content (AvgIpc) is 2.28. The molecule has 1 nitrogen and oxygen atoms in total. The molecule has 13 heavy (non-hydrogen) atoms. The average molecular weight is 310 g/mol. The Balaban J connectivity index is 0.000000845. The van der Waals surface area contributed by atoms with E-state index in [1.807, 2.05) is 0 Å². The van der Waals surface area contributed by atoms with Crippen molar-refractivity contribution in [3.05, 3.63) is 32.9 Å². The molecule has 0 aliphatic carbocycles. The highest BCUT2D eigenvalue weighted by atomic mass is 127. The minimum absolute atomic E-state index is 0. The van der Waals surface area contributed by atoms with Gasteiger partial charge in [-0.3, -0.25) is 0 Å². The Morgan fingerprint density at radius 1 is 1.23 bits per heavy atom. The number of halogens is 2. The number of rotatable bonds is 0. The molecular weight excluding hydrogens is 296 g/mol. The highest BCUT2D eigenvalue weighted by Gasteiger charge is 2.06. The maximum Gasteiger partial charge on any atom is 0.0208 e. The van der Waals surface area contributed by atoms with Gasteiger partial charge in [-0.2, -0.15) is 0 Å². The normalized spacial score (nSPS) is 15.5. The predicted octanol–water partition coefficient (Wildman–Crippen LogP) is 2.75. The summed E-state index contributed by atoms with van der Waals surface area (Å²) in [4.78, 5) is 0. The van der Waals surface area contributed by atoms with Crippen molar-refractivity contribution in [1.29, 1.82) is 0 Å². The summed E-state index contributed by atoms with van der Waals surface area (Å²) in [5.74, 6) is 0. The van der Waals surface area contributed by atoms with Crippen LogP contribution in [-0.4, -0.2) is 6.54 Å². The summed E-state index contributed by atoms with van der Waals surface area (Å²) >= 11 is 2.37. The van der Waals surface area contributed by atoms with E-state index in [4.69, 9.17) is 0 Å². The second-order valence-corrected chi connectivity index (χ2v) is 4.44. The van der Waals surface area contributed by atoms with Crippen LogP contribution in [0.1, 0.15) is 17.5 Å². The van der Waals surface area contributed by atoms with Gasteiger partial charge in [0.2, 0.25) is 0 Å². The van der Waals surface area contributed by atoms with Crippen LogP contribution in [0.25, 0.3) is 0 Å². The lowest BCUT2D eigenvalue weighted by atomic mass is 10.0. The van der Waals surface area contributed by atoms with E-state index in [0.29, 0.717) is 0 Å². The van der Waals surface area contributed by atoms with E-state index in [-0.39, 0.29) is 12.4 Å². The third-order valence-corrected chi connectivity index (χ3v) is 2.95. The van der Waals surface area contributed by atoms with Crippen molar-refractivity contribution in [1.82, 2.24) is 5.32 Å². The second kappa shape index (κ2) is 5.17. The highest BCUT2D eigenvalue weighted by molar-refractivity contribution is 14.1. The third kappa shape index (κ3) is 2.82. The minimum atomic E-state index is 0. The summed E-state index contributed by atoms with van der Waals surface area (Å²) in [6.45, 7) is 2.21. The first-order valence-corrected chi connectivity index (χ1v) is 5.42. The van der Waals surface area contributed by atoms with Gasteiger partial charge in [0.05, 0.1) is 0 Å². The Hall–Kier alpha value is 0.200. The fourth-order valence-electron chi connectivity index (χ4n) is 1.63. The fraction of sp³-hybridized carbons (Fsp3) is 0.400. The van der Waals surface area contributed by atoms with Crippen molar-refractivity contribution >= 4 is 35.0 Å². The molecule has 3 heteroatoms. The minimum Gasteiger partial charge on any atom is -0.313 e. The molecule has 0 radical (unpaired) electrons. The van der Waals surface area contributed by atoms with E-state index in [9.17, 15) is 0 Å². The molecule has 0 fully saturated rings. The first kappa shape index (κ1) is 11.3. The number of hydrogen-bond donors (Lipinski definition) is 1. The molecular formula is C10H13ClIN. The lowest BCUT2D eigenvalue weighted by Crippen LogP contribution is -2.11. The van der Waals surface area contributed by atoms with Gasteiger partial charge in [-0.15, -0.1) is 12.4 Å². The van der Waals surface area contributed by atoms with E-state index in [0.717, 1.165) is 13.1 Å². The summed E-state index contributed by atoms with van der Waals surface area (Å²) in [6, 6.07) is 6.75. The Morgan fingerprint density at radius 3 is 2.92 bits per heavy atom. The lowest BCUT2D eigenvalue weighted by Gasteiger charge is -2.04. The molecule has 0 spiro atoms. The largest absolute Gasteiger partial charge is 0.313 e. The maximum absolute atomic E-state index is 3.43. The first-order chi connectivity index (χ1) is 5.86. The van der Waals surface area contributed by atoms with Crippen molar-refractivity contribution in [2.45, 2.75) is 19.4 Å². The van der Waals surface area contributed by atoms with Gasteiger partial charge in [0.25, 0.3) is 0 Å². The van der Waals surface area contributed by atoms with Crippen LogP contribution in [0, 0.1) is 3.57 Å². The monoisotopic (exact) mass is 309 g/mol. The molecule has 0 saturated heterocycles. The summed E-state index contributed by atoms with van der Waals surface area (Å²) < 4.78 is 1.34. The van der Waals surface area contributed by atoms with Gasteiger partial charge < -0.3 is 5.32 Å². The Morgan fingerprint density at radius 2 is 2.08 bits per heavy atom. The highest BCUT2D eigenvalue weighted by Crippen LogP contribution is 2.17. The number of benzene rings is 1. The van der Waals surface area contributed by atoms with Crippen LogP contribution in [0.5, 0.6) is 0 Å². The zero-order chi connectivity index (χ0) is 8.39. The Labute approximate surface area is 98.9 Å². The molecule has 1 aromatic carbocycles. The van der Waals surface area contributed by atoms with Crippen LogP contribution in [0.15, 0.2) is 18.2 Å². The van der Waals surface area contributed by atoms with Gasteiger partial charge >= 0.3 is 0 Å². The molecule has 1 aliphatic rings. The van der Waals surface area contributed by atoms with E-state index in [1.165, 1.54) is 27.5 Å². The number of fused-ring (bicyclic) bond motifs is 1. The standard InChI is InChI=1S/C10H12IN.ClH/c11-10-4-3-8-2-1-5-12-7-9(8)6-10;/h3-4,6,12H,1-2,5,7H2;1H. The molecule has 0 atom stereocenters. The Kier molecular flexibility index (Phi) is 4.49. The van der Waals surface area contributed by atoms with Gasteiger partial charge in [0.1, 0.15) is 0 Å². The van der Waals surface area contributed by atoms with Gasteiger partial charge in [-0.25, -0.2) is 0 Å². The molecule has 1 N–H and O–H groups in total. The zero-order valence-electron chi connectivity index (χ0n) is 7.35. The molecule has 1 aromatic rings. The van der Waals surface area contributed by atoms with E-state index < -0.39 is 0 Å². The van der Waals surface area contributed by atoms with E-state index in [2.05, 4.69) is 46.1 Å². The van der Waals surface area contributed by atoms with Crippen LogP contribution in [0.3, 0.4) is 0 Å². The first-order valence-electron chi connectivity index (χ1n) is 4.34. The quantitative estimate of drug-likeness (QED) is 0.727. The number of nitrogens with one attached hydrogen (secondary N) is 1. The van der Waals surface area contributed by atoms with Gasteiger partial charge in [-0.05, 0) is 65.2 Å². The van der Waals surface area contributed by atoms with Crippen molar-refractivity contribution in [2.24, 2.45) is 0 Å². The predicted molar refractivity (Wildman–Crippen MR) is 66.4 cm³/mol. The van der Waals surface area contributed by atoms with Crippen LogP contribution in [0.4, 0.5) is 0 Å². The second-order valence-electron chi connectivity index (χ2n) is 3.19. The number of hydrogen-bond acceptors (Lipinski definition) is 1. The zero-order valence-corrected chi connectivity index (χ0v) is 10.3. The van der Waals surface area contributed by atoms with Gasteiger partial charge in [-0.1, -0.05) is 6.07 Å². The van der Waals surface area contributed by atoms with Crippen molar-refractivity contribution in [2.75, 3.05) is 6.54 Å². The van der Waals surface area contributed by atoms with E-state index in [1.54, 1.807) is 0 Å². The molecule has 72 valence electrons. The molecule has 1 aliphatic heterocycles. The molecule has 1 heterocycles. The van der Waals surface area contributed by atoms with Crippen LogP contribution < -0.4 is 5.32 Å². The summed E-state index contributed by atoms with van der Waals surface area (Å²) in [7, 11) is 0. The summed E-state index contributed by atoms with van der Waals surface area (Å²) in [6.07, 6.45) is 2.51. The maximum atomic E-state index is 3.43. The number of aryl methyl sites for hydroxylation is 1. The molecule has 2 rings (SSSR count). The van der Waals surface area contributed by atoms with Crippen molar-refractivity contribution in [3.63, 3.8) is 0 Å². The van der Waals surface area contributed by atoms with Crippen molar-refractivity contribution < 1.29 is 0 Å². The van der Waals surface area contributed by atoms with Crippen LogP contribution in [-0.2, 0) is 13.0 Å². The summed E-state index contributed by atoms with van der Waals surface area (Å²) in [5, 5.41) is 3.43. The van der Waals surface area contributed by atoms with E-state index >= 15 is 0 Å². The van der Waals surface area contributed by atoms with Crippen LogP contribution >= 0.6 is 35.0 Å². The Bertz CT molecular complexity index is 288. The van der Waals surface area contributed by atoms with Gasteiger partial charge in [0.15, 0.2) is 0 Å². The van der Waals surface area contributed by atoms with Crippen molar-refractivity contribution in [3.8, 4) is 0 Å². The summed E-state index contributed by atoms with van der Waals surface area (Å²) in [5.41, 5.74) is 3.01. The lowest BCUT2D eigenvalue weighted by molar-refractivity contribution is 0.680. The molecule has 0 bridgehead atoms. The molecule has 0 amide bonds. The fourth-order valence-corrected chi connectivity index (χ4v) is 2.19. The smallest absolute Gasteiger partial charge is 0.0208 e. The SMILES string of the molecule is Cl.Ic1ccc2c(c1)CNCCC2.